The minimum atomic E-state index is -3.41. The molecule has 3 rings (SSSR count). The highest BCUT2D eigenvalue weighted by Gasteiger charge is 2.17. The number of aryl methyl sites for hydroxylation is 2. The maximum absolute atomic E-state index is 12.2. The van der Waals surface area contributed by atoms with Crippen LogP contribution >= 0.6 is 11.3 Å². The molecule has 0 radical (unpaired) electrons. The molecule has 1 amide bonds. The molecule has 0 fully saturated rings. The van der Waals surface area contributed by atoms with Crippen molar-refractivity contribution in [2.75, 3.05) is 5.75 Å². The van der Waals surface area contributed by atoms with Gasteiger partial charge >= 0.3 is 0 Å². The number of benzene rings is 1. The zero-order chi connectivity index (χ0) is 17.0. The molecule has 0 bridgehead atoms. The lowest BCUT2D eigenvalue weighted by Gasteiger charge is -2.06. The van der Waals surface area contributed by atoms with Gasteiger partial charge in [0.1, 0.15) is 5.01 Å². The quantitative estimate of drug-likeness (QED) is 0.854. The van der Waals surface area contributed by atoms with Gasteiger partial charge in [0.25, 0.3) is 0 Å². The van der Waals surface area contributed by atoms with E-state index in [0.29, 0.717) is 6.54 Å². The molecule has 7 heteroatoms. The number of rotatable bonds is 6. The first-order chi connectivity index (χ1) is 11.5. The van der Waals surface area contributed by atoms with Gasteiger partial charge in [0.05, 0.1) is 22.9 Å². The minimum absolute atomic E-state index is 0.0394. The first kappa shape index (κ1) is 17.1. The van der Waals surface area contributed by atoms with Crippen molar-refractivity contribution < 1.29 is 13.2 Å². The van der Waals surface area contributed by atoms with Crippen LogP contribution in [0.4, 0.5) is 0 Å². The Labute approximate surface area is 146 Å². The zero-order valence-electron chi connectivity index (χ0n) is 13.3. The molecule has 1 N–H and O–H groups in total. The summed E-state index contributed by atoms with van der Waals surface area (Å²) in [5, 5.41) is 3.68. The minimum Gasteiger partial charge on any atom is -0.350 e. The van der Waals surface area contributed by atoms with E-state index in [1.807, 2.05) is 0 Å². The van der Waals surface area contributed by atoms with E-state index in [4.69, 9.17) is 0 Å². The van der Waals surface area contributed by atoms with E-state index in [1.54, 1.807) is 41.7 Å². The summed E-state index contributed by atoms with van der Waals surface area (Å²) in [6.07, 6.45) is 4.45. The van der Waals surface area contributed by atoms with Crippen molar-refractivity contribution in [2.45, 2.75) is 43.5 Å². The number of hydrogen-bond acceptors (Lipinski definition) is 5. The van der Waals surface area contributed by atoms with E-state index >= 15 is 0 Å². The lowest BCUT2D eigenvalue weighted by Crippen LogP contribution is -2.25. The number of amides is 1. The molecule has 0 saturated heterocycles. The number of hydrogen-bond donors (Lipinski definition) is 1. The Balaban J connectivity index is 1.50. The SMILES string of the molecule is O=C(CCS(=O)(=O)c1ccccc1)NCc1nc2c(s1)CCCC2. The van der Waals surface area contributed by atoms with Crippen LogP contribution in [-0.2, 0) is 34.0 Å². The fraction of sp³-hybridized carbons (Fsp3) is 0.412. The summed E-state index contributed by atoms with van der Waals surface area (Å²) >= 11 is 1.65. The van der Waals surface area contributed by atoms with E-state index in [0.717, 1.165) is 17.8 Å². The van der Waals surface area contributed by atoms with Gasteiger partial charge in [-0.15, -0.1) is 11.3 Å². The fourth-order valence-electron chi connectivity index (χ4n) is 2.72. The van der Waals surface area contributed by atoms with Crippen LogP contribution in [-0.4, -0.2) is 25.1 Å². The second kappa shape index (κ2) is 7.44. The van der Waals surface area contributed by atoms with E-state index in [2.05, 4.69) is 10.3 Å². The van der Waals surface area contributed by atoms with Crippen molar-refractivity contribution in [3.63, 3.8) is 0 Å². The van der Waals surface area contributed by atoms with Gasteiger partial charge in [0.15, 0.2) is 9.84 Å². The Morgan fingerprint density at radius 1 is 1.17 bits per heavy atom. The van der Waals surface area contributed by atoms with Crippen LogP contribution in [0.2, 0.25) is 0 Å². The van der Waals surface area contributed by atoms with E-state index < -0.39 is 9.84 Å². The lowest BCUT2D eigenvalue weighted by molar-refractivity contribution is -0.120. The maximum atomic E-state index is 12.2. The van der Waals surface area contributed by atoms with Gasteiger partial charge in [0, 0.05) is 11.3 Å². The predicted octanol–water partition coefficient (Wildman–Crippen LogP) is 2.50. The Hall–Kier alpha value is -1.73. The molecule has 128 valence electrons. The van der Waals surface area contributed by atoms with Crippen LogP contribution in [0.25, 0.3) is 0 Å². The third-order valence-corrected chi connectivity index (χ3v) is 6.92. The summed E-state index contributed by atoms with van der Waals surface area (Å²) in [4.78, 5) is 18.1. The molecule has 24 heavy (non-hydrogen) atoms. The monoisotopic (exact) mass is 364 g/mol. The maximum Gasteiger partial charge on any atom is 0.221 e. The topological polar surface area (TPSA) is 76.1 Å². The summed E-state index contributed by atoms with van der Waals surface area (Å²) in [5.74, 6) is -0.445. The van der Waals surface area contributed by atoms with Crippen molar-refractivity contribution in [3.05, 3.63) is 45.9 Å². The molecule has 0 unspecified atom stereocenters. The molecule has 1 aliphatic rings. The largest absolute Gasteiger partial charge is 0.350 e. The molecule has 0 atom stereocenters. The molecule has 5 nitrogen and oxygen atoms in total. The predicted molar refractivity (Wildman–Crippen MR) is 93.7 cm³/mol. The number of nitrogens with zero attached hydrogens (tertiary/aromatic N) is 1. The van der Waals surface area contributed by atoms with E-state index in [-0.39, 0.29) is 23.0 Å². The zero-order valence-corrected chi connectivity index (χ0v) is 15.0. The van der Waals surface area contributed by atoms with Crippen LogP contribution in [0.5, 0.6) is 0 Å². The normalized spacial score (nSPS) is 14.2. The average Bonchev–Trinajstić information content (AvgIpc) is 3.02. The van der Waals surface area contributed by atoms with Gasteiger partial charge in [-0.2, -0.15) is 0 Å². The summed E-state index contributed by atoms with van der Waals surface area (Å²) in [6, 6.07) is 8.22. The third-order valence-electron chi connectivity index (χ3n) is 4.03. The average molecular weight is 364 g/mol. The Bertz CT molecular complexity index is 790. The van der Waals surface area contributed by atoms with Gasteiger partial charge in [-0.25, -0.2) is 13.4 Å². The van der Waals surface area contributed by atoms with Gasteiger partial charge in [-0.1, -0.05) is 18.2 Å². The Kier molecular flexibility index (Phi) is 5.30. The van der Waals surface area contributed by atoms with Gasteiger partial charge in [-0.3, -0.25) is 4.79 Å². The Morgan fingerprint density at radius 2 is 1.92 bits per heavy atom. The van der Waals surface area contributed by atoms with Crippen molar-refractivity contribution in [2.24, 2.45) is 0 Å². The molecule has 2 aromatic rings. The van der Waals surface area contributed by atoms with Crippen LogP contribution in [0.15, 0.2) is 35.2 Å². The van der Waals surface area contributed by atoms with Gasteiger partial charge < -0.3 is 5.32 Å². The number of sulfone groups is 1. The van der Waals surface area contributed by atoms with Crippen LogP contribution in [0, 0.1) is 0 Å². The lowest BCUT2D eigenvalue weighted by atomic mass is 10.0. The van der Waals surface area contributed by atoms with Gasteiger partial charge in [0.2, 0.25) is 5.91 Å². The highest BCUT2D eigenvalue weighted by molar-refractivity contribution is 7.91. The number of thiazole rings is 1. The van der Waals surface area contributed by atoms with Crippen molar-refractivity contribution in [3.8, 4) is 0 Å². The number of carbonyl (C=O) groups is 1. The molecule has 0 spiro atoms. The number of nitrogens with one attached hydrogen (secondary N) is 1. The summed E-state index contributed by atoms with van der Waals surface area (Å²) in [7, 11) is -3.41. The van der Waals surface area contributed by atoms with Gasteiger partial charge in [-0.05, 0) is 37.8 Å². The van der Waals surface area contributed by atoms with E-state index in [9.17, 15) is 13.2 Å². The summed E-state index contributed by atoms with van der Waals surface area (Å²) in [6.45, 7) is 0.377. The van der Waals surface area contributed by atoms with Crippen molar-refractivity contribution in [1.82, 2.24) is 10.3 Å². The summed E-state index contributed by atoms with van der Waals surface area (Å²) < 4.78 is 24.3. The highest BCUT2D eigenvalue weighted by Crippen LogP contribution is 2.26. The first-order valence-corrected chi connectivity index (χ1v) is 10.5. The molecule has 1 aliphatic carbocycles. The second-order valence-corrected chi connectivity index (χ2v) is 9.12. The number of carbonyl (C=O) groups excluding carboxylic acids is 1. The smallest absolute Gasteiger partial charge is 0.221 e. The van der Waals surface area contributed by atoms with Crippen LogP contribution < -0.4 is 5.32 Å². The number of fused-ring (bicyclic) bond motifs is 1. The fourth-order valence-corrected chi connectivity index (χ4v) is 5.07. The first-order valence-electron chi connectivity index (χ1n) is 8.06. The number of aromatic nitrogens is 1. The molecular weight excluding hydrogens is 344 g/mol. The molecule has 0 aliphatic heterocycles. The highest BCUT2D eigenvalue weighted by atomic mass is 32.2. The van der Waals surface area contributed by atoms with Crippen molar-refractivity contribution >= 4 is 27.1 Å². The van der Waals surface area contributed by atoms with Crippen LogP contribution in [0.1, 0.15) is 34.8 Å². The summed E-state index contributed by atoms with van der Waals surface area (Å²) in [5.41, 5.74) is 1.17. The third kappa shape index (κ3) is 4.21. The molecule has 1 aromatic heterocycles. The molecular formula is C17H20N2O3S2. The molecule has 0 saturated carbocycles. The van der Waals surface area contributed by atoms with E-state index in [1.165, 1.54) is 23.4 Å². The Morgan fingerprint density at radius 3 is 2.67 bits per heavy atom. The molecule has 1 aromatic carbocycles. The van der Waals surface area contributed by atoms with Crippen molar-refractivity contribution in [1.29, 1.82) is 0 Å². The second-order valence-electron chi connectivity index (χ2n) is 5.84. The van der Waals surface area contributed by atoms with Crippen LogP contribution in [0.3, 0.4) is 0 Å². The standard InChI is InChI=1S/C17H20N2O3S2/c20-16(10-11-24(21,22)13-6-2-1-3-7-13)18-12-17-19-14-8-4-5-9-15(14)23-17/h1-3,6-7H,4-5,8-12H2,(H,18,20). The molecule has 1 heterocycles.